The van der Waals surface area contributed by atoms with Gasteiger partial charge in [-0.05, 0) is 89.4 Å². The monoisotopic (exact) mass is 483 g/mol. The second-order valence-electron chi connectivity index (χ2n) is 10.1. The summed E-state index contributed by atoms with van der Waals surface area (Å²) in [5.41, 5.74) is 2.08. The van der Waals surface area contributed by atoms with Crippen LogP contribution in [0.1, 0.15) is 60.0 Å². The van der Waals surface area contributed by atoms with Gasteiger partial charge in [0.1, 0.15) is 17.3 Å². The zero-order valence-corrected chi connectivity index (χ0v) is 20.8. The van der Waals surface area contributed by atoms with Gasteiger partial charge in [-0.2, -0.15) is 0 Å². The Morgan fingerprint density at radius 1 is 1.11 bits per heavy atom. The van der Waals surface area contributed by atoms with E-state index in [2.05, 4.69) is 4.90 Å². The summed E-state index contributed by atoms with van der Waals surface area (Å²) in [6.45, 7) is 9.65. The van der Waals surface area contributed by atoms with E-state index in [1.807, 2.05) is 25.7 Å². The van der Waals surface area contributed by atoms with E-state index >= 15 is 0 Å². The molecule has 2 saturated heterocycles. The van der Waals surface area contributed by atoms with Crippen molar-refractivity contribution in [3.63, 3.8) is 0 Å². The molecule has 4 heterocycles. The highest BCUT2D eigenvalue weighted by molar-refractivity contribution is 6.08. The molecule has 1 aromatic heterocycles. The molecule has 0 bridgehead atoms. The lowest BCUT2D eigenvalue weighted by atomic mass is 9.74. The molecular weight excluding hydrogens is 449 g/mol. The number of halogens is 1. The van der Waals surface area contributed by atoms with Gasteiger partial charge in [-0.1, -0.05) is 0 Å². The SMILES string of the molecule is CCOC(=O)N1CCC(N2CCC3(CC2)CN(C(=O)c2cc(C)oc2C)c2ccc(F)cc23)CC1. The Hall–Kier alpha value is -2.87. The Morgan fingerprint density at radius 2 is 1.83 bits per heavy atom. The van der Waals surface area contributed by atoms with Gasteiger partial charge in [-0.15, -0.1) is 0 Å². The van der Waals surface area contributed by atoms with Gasteiger partial charge in [-0.25, -0.2) is 9.18 Å². The van der Waals surface area contributed by atoms with Crippen molar-refractivity contribution >= 4 is 17.7 Å². The van der Waals surface area contributed by atoms with Gasteiger partial charge in [0, 0.05) is 36.8 Å². The number of hydrogen-bond donors (Lipinski definition) is 0. The average Bonchev–Trinajstić information content (AvgIpc) is 3.35. The summed E-state index contributed by atoms with van der Waals surface area (Å²) in [5.74, 6) is 0.974. The zero-order chi connectivity index (χ0) is 24.7. The highest BCUT2D eigenvalue weighted by Gasteiger charge is 2.47. The maximum Gasteiger partial charge on any atom is 0.409 e. The molecule has 0 atom stereocenters. The predicted octanol–water partition coefficient (Wildman–Crippen LogP) is 4.65. The van der Waals surface area contributed by atoms with Gasteiger partial charge in [-0.3, -0.25) is 4.79 Å². The van der Waals surface area contributed by atoms with Crippen LogP contribution in [0.4, 0.5) is 14.9 Å². The first-order valence-electron chi connectivity index (χ1n) is 12.7. The van der Waals surface area contributed by atoms with E-state index in [-0.39, 0.29) is 23.2 Å². The highest BCUT2D eigenvalue weighted by Crippen LogP contribution is 2.48. The summed E-state index contributed by atoms with van der Waals surface area (Å²) in [5, 5.41) is 0. The Labute approximate surface area is 205 Å². The van der Waals surface area contributed by atoms with Crippen LogP contribution in [0, 0.1) is 19.7 Å². The standard InChI is InChI=1S/C27H34FN3O4/c1-4-34-26(33)30-11-7-21(8-12-30)29-13-9-27(10-14-29)17-31(24-6-5-20(28)16-23(24)27)25(32)22-15-18(2)35-19(22)3/h5-6,15-16,21H,4,7-14,17H2,1-3H3. The molecule has 8 heteroatoms. The Bertz CT molecular complexity index is 1110. The quantitative estimate of drug-likeness (QED) is 0.636. The molecule has 3 aliphatic rings. The lowest BCUT2D eigenvalue weighted by molar-refractivity contribution is 0.0576. The predicted molar refractivity (Wildman–Crippen MR) is 130 cm³/mol. The minimum absolute atomic E-state index is 0.0853. The van der Waals surface area contributed by atoms with Crippen molar-refractivity contribution in [1.29, 1.82) is 0 Å². The van der Waals surface area contributed by atoms with Crippen molar-refractivity contribution in [2.45, 2.75) is 57.9 Å². The van der Waals surface area contributed by atoms with E-state index in [0.29, 0.717) is 49.4 Å². The molecular formula is C27H34FN3O4. The molecule has 5 rings (SSSR count). The first kappa shape index (κ1) is 23.9. The number of aryl methyl sites for hydroxylation is 2. The number of carbonyl (C=O) groups excluding carboxylic acids is 2. The number of hydrogen-bond acceptors (Lipinski definition) is 5. The first-order valence-corrected chi connectivity index (χ1v) is 12.7. The van der Waals surface area contributed by atoms with Crippen LogP contribution in [-0.4, -0.2) is 67.2 Å². The number of nitrogens with zero attached hydrogens (tertiary/aromatic N) is 3. The molecule has 0 saturated carbocycles. The van der Waals surface area contributed by atoms with Crippen LogP contribution in [-0.2, 0) is 10.2 Å². The maximum absolute atomic E-state index is 14.4. The summed E-state index contributed by atoms with van der Waals surface area (Å²) >= 11 is 0. The van der Waals surface area contributed by atoms with Gasteiger partial charge in [0.25, 0.3) is 5.91 Å². The molecule has 3 aliphatic heterocycles. The highest BCUT2D eigenvalue weighted by atomic mass is 19.1. The van der Waals surface area contributed by atoms with E-state index in [4.69, 9.17) is 9.15 Å². The molecule has 7 nitrogen and oxygen atoms in total. The van der Waals surface area contributed by atoms with E-state index in [1.54, 1.807) is 23.1 Å². The normalized spacial score (nSPS) is 20.3. The molecule has 1 aromatic carbocycles. The van der Waals surface area contributed by atoms with Crippen LogP contribution in [0.3, 0.4) is 0 Å². The Balaban J connectivity index is 1.30. The Morgan fingerprint density at radius 3 is 2.46 bits per heavy atom. The molecule has 2 aromatic rings. The van der Waals surface area contributed by atoms with Crippen LogP contribution in [0.25, 0.3) is 0 Å². The number of anilines is 1. The van der Waals surface area contributed by atoms with Gasteiger partial charge in [0.2, 0.25) is 0 Å². The van der Waals surface area contributed by atoms with Gasteiger partial charge in [0.05, 0.1) is 12.2 Å². The average molecular weight is 484 g/mol. The lowest BCUT2D eigenvalue weighted by Crippen LogP contribution is -2.52. The molecule has 0 unspecified atom stereocenters. The van der Waals surface area contributed by atoms with Gasteiger partial charge < -0.3 is 23.9 Å². The van der Waals surface area contributed by atoms with Crippen molar-refractivity contribution < 1.29 is 23.1 Å². The third-order valence-corrected chi connectivity index (χ3v) is 8.06. The van der Waals surface area contributed by atoms with Gasteiger partial charge in [0.15, 0.2) is 0 Å². The number of amides is 2. The van der Waals surface area contributed by atoms with Crippen LogP contribution >= 0.6 is 0 Å². The number of piperidine rings is 2. The van der Waals surface area contributed by atoms with Crippen molar-refractivity contribution in [2.24, 2.45) is 0 Å². The zero-order valence-electron chi connectivity index (χ0n) is 20.8. The second kappa shape index (κ2) is 9.30. The van der Waals surface area contributed by atoms with Gasteiger partial charge >= 0.3 is 6.09 Å². The van der Waals surface area contributed by atoms with Crippen molar-refractivity contribution in [3.8, 4) is 0 Å². The number of benzene rings is 1. The lowest BCUT2D eigenvalue weighted by Gasteiger charge is -2.45. The number of likely N-dealkylation sites (tertiary alicyclic amines) is 2. The van der Waals surface area contributed by atoms with E-state index in [9.17, 15) is 14.0 Å². The summed E-state index contributed by atoms with van der Waals surface area (Å²) in [4.78, 5) is 31.7. The molecule has 2 fully saturated rings. The minimum Gasteiger partial charge on any atom is -0.466 e. The fraction of sp³-hybridized carbons (Fsp3) is 0.556. The smallest absolute Gasteiger partial charge is 0.409 e. The largest absolute Gasteiger partial charge is 0.466 e. The van der Waals surface area contributed by atoms with Crippen molar-refractivity contribution in [1.82, 2.24) is 9.80 Å². The van der Waals surface area contributed by atoms with Crippen LogP contribution in [0.2, 0.25) is 0 Å². The molecule has 188 valence electrons. The van der Waals surface area contributed by atoms with E-state index in [0.717, 1.165) is 50.0 Å². The summed E-state index contributed by atoms with van der Waals surface area (Å²) < 4.78 is 25.1. The summed E-state index contributed by atoms with van der Waals surface area (Å²) in [6.07, 6.45) is 3.38. The number of rotatable bonds is 3. The van der Waals surface area contributed by atoms with Crippen molar-refractivity contribution in [2.75, 3.05) is 44.2 Å². The number of carbonyl (C=O) groups is 2. The third-order valence-electron chi connectivity index (χ3n) is 8.06. The second-order valence-corrected chi connectivity index (χ2v) is 10.1. The van der Waals surface area contributed by atoms with Crippen LogP contribution in [0.5, 0.6) is 0 Å². The van der Waals surface area contributed by atoms with Crippen LogP contribution in [0.15, 0.2) is 28.7 Å². The number of ether oxygens (including phenoxy) is 1. The molecule has 0 N–H and O–H groups in total. The van der Waals surface area contributed by atoms with Crippen LogP contribution < -0.4 is 4.90 Å². The maximum atomic E-state index is 14.4. The first-order chi connectivity index (χ1) is 16.8. The number of fused-ring (bicyclic) bond motifs is 2. The third kappa shape index (κ3) is 4.33. The van der Waals surface area contributed by atoms with E-state index in [1.165, 1.54) is 6.07 Å². The molecule has 2 amide bonds. The van der Waals surface area contributed by atoms with E-state index < -0.39 is 0 Å². The Kier molecular flexibility index (Phi) is 6.34. The molecule has 35 heavy (non-hydrogen) atoms. The fourth-order valence-electron chi connectivity index (χ4n) is 6.18. The number of furan rings is 1. The van der Waals surface area contributed by atoms with Crippen molar-refractivity contribution in [3.05, 3.63) is 52.7 Å². The molecule has 1 spiro atoms. The molecule has 0 aliphatic carbocycles. The topological polar surface area (TPSA) is 66.2 Å². The summed E-state index contributed by atoms with van der Waals surface area (Å²) in [7, 11) is 0. The minimum atomic E-state index is -0.262. The molecule has 0 radical (unpaired) electrons. The fourth-order valence-corrected chi connectivity index (χ4v) is 6.18. The summed E-state index contributed by atoms with van der Waals surface area (Å²) in [6, 6.07) is 7.04.